The average Bonchev–Trinajstić information content (AvgIpc) is 2.73. The van der Waals surface area contributed by atoms with Crippen molar-refractivity contribution in [3.05, 3.63) is 23.7 Å². The van der Waals surface area contributed by atoms with Gasteiger partial charge in [-0.25, -0.2) is 5.48 Å². The van der Waals surface area contributed by atoms with Crippen molar-refractivity contribution in [2.24, 2.45) is 0 Å². The SMILES string of the molecule is COCCONC(=O)c1ccc(CSC)o1. The summed E-state index contributed by atoms with van der Waals surface area (Å²) >= 11 is 1.63. The van der Waals surface area contributed by atoms with Gasteiger partial charge in [0.25, 0.3) is 0 Å². The maximum absolute atomic E-state index is 11.4. The summed E-state index contributed by atoms with van der Waals surface area (Å²) < 4.78 is 10.1. The van der Waals surface area contributed by atoms with Gasteiger partial charge in [-0.05, 0) is 18.4 Å². The van der Waals surface area contributed by atoms with E-state index in [-0.39, 0.29) is 11.7 Å². The second-order valence-electron chi connectivity index (χ2n) is 2.97. The molecule has 0 aromatic carbocycles. The number of hydroxylamine groups is 1. The van der Waals surface area contributed by atoms with Crippen molar-refractivity contribution in [2.75, 3.05) is 26.6 Å². The largest absolute Gasteiger partial charge is 0.455 e. The number of carbonyl (C=O) groups excluding carboxylic acids is 1. The fraction of sp³-hybridized carbons (Fsp3) is 0.500. The van der Waals surface area contributed by atoms with E-state index in [0.29, 0.717) is 13.2 Å². The van der Waals surface area contributed by atoms with Crippen LogP contribution in [-0.4, -0.2) is 32.5 Å². The van der Waals surface area contributed by atoms with Crippen molar-refractivity contribution < 1.29 is 18.8 Å². The molecule has 1 aromatic rings. The van der Waals surface area contributed by atoms with Gasteiger partial charge in [-0.1, -0.05) is 0 Å². The van der Waals surface area contributed by atoms with Crippen LogP contribution >= 0.6 is 11.8 Å². The molecular formula is C10H15NO4S. The minimum Gasteiger partial charge on any atom is -0.455 e. The van der Waals surface area contributed by atoms with Gasteiger partial charge in [0.1, 0.15) is 5.76 Å². The van der Waals surface area contributed by atoms with Crippen molar-refractivity contribution in [3.8, 4) is 0 Å². The highest BCUT2D eigenvalue weighted by atomic mass is 32.2. The highest BCUT2D eigenvalue weighted by Crippen LogP contribution is 2.13. The Morgan fingerprint density at radius 2 is 2.31 bits per heavy atom. The Labute approximate surface area is 98.4 Å². The van der Waals surface area contributed by atoms with E-state index in [9.17, 15) is 4.79 Å². The Morgan fingerprint density at radius 3 is 3.00 bits per heavy atom. The highest BCUT2D eigenvalue weighted by Gasteiger charge is 2.10. The molecule has 0 spiro atoms. The zero-order valence-electron chi connectivity index (χ0n) is 9.32. The van der Waals surface area contributed by atoms with Crippen LogP contribution in [0.25, 0.3) is 0 Å². The standard InChI is InChI=1S/C10H15NO4S/c1-13-5-6-14-11-10(12)9-4-3-8(15-9)7-16-2/h3-4H,5-7H2,1-2H3,(H,11,12). The molecule has 0 saturated carbocycles. The molecule has 1 N–H and O–H groups in total. The third-order valence-electron chi connectivity index (χ3n) is 1.73. The number of amides is 1. The van der Waals surface area contributed by atoms with Crippen molar-refractivity contribution in [2.45, 2.75) is 5.75 Å². The van der Waals surface area contributed by atoms with E-state index in [1.165, 1.54) is 0 Å². The lowest BCUT2D eigenvalue weighted by Crippen LogP contribution is -2.24. The molecule has 1 rings (SSSR count). The van der Waals surface area contributed by atoms with Gasteiger partial charge in [0.2, 0.25) is 0 Å². The molecule has 0 fully saturated rings. The zero-order chi connectivity index (χ0) is 11.8. The smallest absolute Gasteiger partial charge is 0.310 e. The van der Waals surface area contributed by atoms with Crippen LogP contribution in [0.1, 0.15) is 16.3 Å². The van der Waals surface area contributed by atoms with Crippen molar-refractivity contribution in [3.63, 3.8) is 0 Å². The molecule has 0 atom stereocenters. The van der Waals surface area contributed by atoms with Gasteiger partial charge in [-0.2, -0.15) is 11.8 Å². The maximum atomic E-state index is 11.4. The highest BCUT2D eigenvalue weighted by molar-refractivity contribution is 7.97. The summed E-state index contributed by atoms with van der Waals surface area (Å²) in [7, 11) is 1.56. The number of hydrogen-bond acceptors (Lipinski definition) is 5. The second-order valence-corrected chi connectivity index (χ2v) is 3.84. The summed E-state index contributed by atoms with van der Waals surface area (Å²) in [6, 6.07) is 3.40. The lowest BCUT2D eigenvalue weighted by atomic mass is 10.4. The predicted octanol–water partition coefficient (Wildman–Crippen LogP) is 1.45. The van der Waals surface area contributed by atoms with Crippen LogP contribution in [0.15, 0.2) is 16.5 Å². The second kappa shape index (κ2) is 7.32. The van der Waals surface area contributed by atoms with E-state index in [4.69, 9.17) is 14.0 Å². The van der Waals surface area contributed by atoms with Gasteiger partial charge >= 0.3 is 5.91 Å². The molecule has 1 amide bonds. The molecule has 16 heavy (non-hydrogen) atoms. The maximum Gasteiger partial charge on any atom is 0.310 e. The quantitative estimate of drug-likeness (QED) is 0.582. The molecule has 5 nitrogen and oxygen atoms in total. The first-order chi connectivity index (χ1) is 7.77. The van der Waals surface area contributed by atoms with Crippen molar-refractivity contribution in [1.29, 1.82) is 0 Å². The average molecular weight is 245 g/mol. The summed E-state index contributed by atoms with van der Waals surface area (Å²) in [5, 5.41) is 0. The van der Waals surface area contributed by atoms with E-state index < -0.39 is 0 Å². The van der Waals surface area contributed by atoms with E-state index in [1.54, 1.807) is 31.0 Å². The molecule has 6 heteroatoms. The van der Waals surface area contributed by atoms with Gasteiger partial charge in [0.15, 0.2) is 5.76 Å². The van der Waals surface area contributed by atoms with Crippen LogP contribution in [0.2, 0.25) is 0 Å². The van der Waals surface area contributed by atoms with E-state index in [2.05, 4.69) is 5.48 Å². The van der Waals surface area contributed by atoms with E-state index in [1.807, 2.05) is 6.26 Å². The Bertz CT molecular complexity index is 326. The molecule has 1 aromatic heterocycles. The molecule has 1 heterocycles. The van der Waals surface area contributed by atoms with E-state index in [0.717, 1.165) is 11.5 Å². The molecule has 0 unspecified atom stereocenters. The fourth-order valence-corrected chi connectivity index (χ4v) is 1.45. The molecule has 0 saturated heterocycles. The van der Waals surface area contributed by atoms with Gasteiger partial charge in [-0.15, -0.1) is 0 Å². The molecule has 90 valence electrons. The zero-order valence-corrected chi connectivity index (χ0v) is 10.1. The van der Waals surface area contributed by atoms with Gasteiger partial charge < -0.3 is 9.15 Å². The first-order valence-corrected chi connectivity index (χ1v) is 6.16. The number of nitrogens with one attached hydrogen (secondary N) is 1. The first-order valence-electron chi connectivity index (χ1n) is 4.76. The number of ether oxygens (including phenoxy) is 1. The Kier molecular flexibility index (Phi) is 5.99. The van der Waals surface area contributed by atoms with Crippen LogP contribution in [0, 0.1) is 0 Å². The normalized spacial score (nSPS) is 10.4. The monoisotopic (exact) mass is 245 g/mol. The molecule has 0 bridgehead atoms. The molecule has 0 aliphatic heterocycles. The fourth-order valence-electron chi connectivity index (χ4n) is 1.01. The number of carbonyl (C=O) groups is 1. The Hall–Kier alpha value is -0.980. The summed E-state index contributed by atoms with van der Waals surface area (Å²) in [5.41, 5.74) is 2.27. The number of hydrogen-bond donors (Lipinski definition) is 1. The van der Waals surface area contributed by atoms with Crippen molar-refractivity contribution in [1.82, 2.24) is 5.48 Å². The summed E-state index contributed by atoms with van der Waals surface area (Å²) in [6.07, 6.45) is 1.97. The predicted molar refractivity (Wildman–Crippen MR) is 61.2 cm³/mol. The van der Waals surface area contributed by atoms with Crippen LogP contribution in [0.3, 0.4) is 0 Å². The molecule has 0 aliphatic carbocycles. The van der Waals surface area contributed by atoms with Gasteiger partial charge in [0.05, 0.1) is 19.0 Å². The lowest BCUT2D eigenvalue weighted by Gasteiger charge is -2.02. The number of thioether (sulfide) groups is 1. The Morgan fingerprint density at radius 1 is 1.50 bits per heavy atom. The lowest BCUT2D eigenvalue weighted by molar-refractivity contribution is 0.00726. The third-order valence-corrected chi connectivity index (χ3v) is 2.30. The van der Waals surface area contributed by atoms with Crippen LogP contribution in [-0.2, 0) is 15.3 Å². The minimum atomic E-state index is -0.386. The third kappa shape index (κ3) is 4.26. The van der Waals surface area contributed by atoms with Gasteiger partial charge in [0, 0.05) is 7.11 Å². The minimum absolute atomic E-state index is 0.251. The molecule has 0 aliphatic rings. The number of rotatable bonds is 7. The van der Waals surface area contributed by atoms with Crippen LogP contribution < -0.4 is 5.48 Å². The summed E-state index contributed by atoms with van der Waals surface area (Å²) in [6.45, 7) is 0.733. The number of methoxy groups -OCH3 is 1. The first kappa shape index (κ1) is 13.1. The van der Waals surface area contributed by atoms with Crippen LogP contribution in [0.5, 0.6) is 0 Å². The van der Waals surface area contributed by atoms with Gasteiger partial charge in [-0.3, -0.25) is 9.63 Å². The Balaban J connectivity index is 2.34. The van der Waals surface area contributed by atoms with Crippen LogP contribution in [0.4, 0.5) is 0 Å². The summed E-state index contributed by atoms with van der Waals surface area (Å²) in [5.74, 6) is 1.39. The topological polar surface area (TPSA) is 60.7 Å². The van der Waals surface area contributed by atoms with Crippen molar-refractivity contribution >= 4 is 17.7 Å². The molecular weight excluding hydrogens is 230 g/mol. The summed E-state index contributed by atoms with van der Waals surface area (Å²) in [4.78, 5) is 16.3. The molecule has 0 radical (unpaired) electrons. The van der Waals surface area contributed by atoms with E-state index >= 15 is 0 Å². The number of furan rings is 1.